The van der Waals surface area contributed by atoms with Crippen molar-refractivity contribution in [1.82, 2.24) is 14.8 Å². The third-order valence-electron chi connectivity index (χ3n) is 4.70. The van der Waals surface area contributed by atoms with Crippen molar-refractivity contribution in [2.24, 2.45) is 0 Å². The molecule has 9 heteroatoms. The lowest BCUT2D eigenvalue weighted by Gasteiger charge is -2.09. The van der Waals surface area contributed by atoms with E-state index in [1.807, 2.05) is 43.5 Å². The van der Waals surface area contributed by atoms with Crippen LogP contribution in [0.4, 0.5) is 11.4 Å². The SMILES string of the molecule is CCn1c(CC(=O)Nc2ccc(C)c(C)c2)nnc1SCC(=O)Nc1ccccc1Cl. The van der Waals surface area contributed by atoms with Crippen LogP contribution in [0.15, 0.2) is 47.6 Å². The molecule has 0 fully saturated rings. The summed E-state index contributed by atoms with van der Waals surface area (Å²) in [6, 6.07) is 12.9. The number of benzene rings is 2. The number of nitrogens with one attached hydrogen (secondary N) is 2. The molecule has 0 atom stereocenters. The van der Waals surface area contributed by atoms with Crippen molar-refractivity contribution >= 4 is 46.6 Å². The Kier molecular flexibility index (Phi) is 7.70. The maximum absolute atomic E-state index is 12.5. The quantitative estimate of drug-likeness (QED) is 0.487. The second-order valence-corrected chi connectivity index (χ2v) is 8.33. The van der Waals surface area contributed by atoms with Crippen LogP contribution in [-0.4, -0.2) is 32.3 Å². The molecule has 0 aliphatic carbocycles. The van der Waals surface area contributed by atoms with Crippen molar-refractivity contribution in [3.63, 3.8) is 0 Å². The van der Waals surface area contributed by atoms with Gasteiger partial charge in [-0.15, -0.1) is 10.2 Å². The van der Waals surface area contributed by atoms with E-state index in [2.05, 4.69) is 20.8 Å². The number of halogens is 1. The molecule has 0 radical (unpaired) electrons. The lowest BCUT2D eigenvalue weighted by atomic mass is 10.1. The Bertz CT molecular complexity index is 1100. The van der Waals surface area contributed by atoms with Crippen molar-refractivity contribution < 1.29 is 9.59 Å². The first kappa shape index (κ1) is 22.8. The van der Waals surface area contributed by atoms with Crippen molar-refractivity contribution in [2.75, 3.05) is 16.4 Å². The molecule has 1 heterocycles. The molecule has 2 amide bonds. The first-order valence-corrected chi connectivity index (χ1v) is 11.2. The minimum absolute atomic E-state index is 0.0974. The van der Waals surface area contributed by atoms with Crippen LogP contribution in [-0.2, 0) is 22.6 Å². The summed E-state index contributed by atoms with van der Waals surface area (Å²) in [7, 11) is 0. The van der Waals surface area contributed by atoms with Crippen molar-refractivity contribution in [3.05, 3.63) is 64.4 Å². The van der Waals surface area contributed by atoms with Crippen molar-refractivity contribution in [2.45, 2.75) is 38.9 Å². The lowest BCUT2D eigenvalue weighted by molar-refractivity contribution is -0.116. The smallest absolute Gasteiger partial charge is 0.234 e. The Hall–Kier alpha value is -2.84. The molecular formula is C22H24ClN5O2S. The molecule has 0 bridgehead atoms. The number of hydrogen-bond donors (Lipinski definition) is 2. The fraction of sp³-hybridized carbons (Fsp3) is 0.273. The largest absolute Gasteiger partial charge is 0.326 e. The van der Waals surface area contributed by atoms with Gasteiger partial charge in [-0.1, -0.05) is 41.6 Å². The average Bonchev–Trinajstić information content (AvgIpc) is 3.12. The molecule has 0 aliphatic rings. The van der Waals surface area contributed by atoms with Gasteiger partial charge in [0.05, 0.1) is 22.9 Å². The molecule has 0 unspecified atom stereocenters. The fourth-order valence-electron chi connectivity index (χ4n) is 2.92. The average molecular weight is 458 g/mol. The lowest BCUT2D eigenvalue weighted by Crippen LogP contribution is -2.18. The van der Waals surface area contributed by atoms with Gasteiger partial charge in [-0.2, -0.15) is 0 Å². The maximum Gasteiger partial charge on any atom is 0.234 e. The highest BCUT2D eigenvalue weighted by Crippen LogP contribution is 2.22. The standard InChI is InChI=1S/C22H24ClN5O2S/c1-4-28-19(12-20(29)24-16-10-9-14(2)15(3)11-16)26-27-22(28)31-13-21(30)25-18-8-6-5-7-17(18)23/h5-11H,4,12-13H2,1-3H3,(H,24,29)(H,25,30). The number of amides is 2. The molecule has 0 saturated heterocycles. The van der Waals surface area contributed by atoms with Crippen LogP contribution >= 0.6 is 23.4 Å². The van der Waals surface area contributed by atoms with Crippen LogP contribution < -0.4 is 10.6 Å². The van der Waals surface area contributed by atoms with E-state index in [0.717, 1.165) is 11.3 Å². The van der Waals surface area contributed by atoms with Crippen molar-refractivity contribution in [1.29, 1.82) is 0 Å². The van der Waals surface area contributed by atoms with E-state index in [0.29, 0.717) is 28.2 Å². The topological polar surface area (TPSA) is 88.9 Å². The molecule has 7 nitrogen and oxygen atoms in total. The van der Waals surface area contributed by atoms with Gasteiger partial charge >= 0.3 is 0 Å². The van der Waals surface area contributed by atoms with Crippen LogP contribution in [0.2, 0.25) is 5.02 Å². The molecule has 3 aromatic rings. The van der Waals surface area contributed by atoms with Gasteiger partial charge in [-0.25, -0.2) is 0 Å². The predicted octanol–water partition coefficient (Wildman–Crippen LogP) is 4.48. The number of hydrogen-bond acceptors (Lipinski definition) is 5. The molecular weight excluding hydrogens is 434 g/mol. The fourth-order valence-corrected chi connectivity index (χ4v) is 3.93. The van der Waals surface area contributed by atoms with Crippen LogP contribution in [0.25, 0.3) is 0 Å². The summed E-state index contributed by atoms with van der Waals surface area (Å²) >= 11 is 7.34. The van der Waals surface area contributed by atoms with Gasteiger partial charge in [-0.3, -0.25) is 9.59 Å². The molecule has 1 aromatic heterocycles. The molecule has 0 spiro atoms. The van der Waals surface area contributed by atoms with E-state index in [4.69, 9.17) is 11.6 Å². The third-order valence-corrected chi connectivity index (χ3v) is 6.00. The Morgan fingerprint density at radius 1 is 1.03 bits per heavy atom. The summed E-state index contributed by atoms with van der Waals surface area (Å²) in [5, 5.41) is 15.1. The van der Waals surface area contributed by atoms with E-state index in [9.17, 15) is 9.59 Å². The second-order valence-electron chi connectivity index (χ2n) is 6.98. The summed E-state index contributed by atoms with van der Waals surface area (Å²) in [6.45, 7) is 6.57. The van der Waals surface area contributed by atoms with Gasteiger partial charge in [0.25, 0.3) is 0 Å². The van der Waals surface area contributed by atoms with Crippen LogP contribution in [0.1, 0.15) is 23.9 Å². The number of carbonyl (C=O) groups is 2. The number of rotatable bonds is 8. The molecule has 0 aliphatic heterocycles. The molecule has 2 aromatic carbocycles. The Labute approximate surface area is 190 Å². The zero-order valence-electron chi connectivity index (χ0n) is 17.6. The summed E-state index contributed by atoms with van der Waals surface area (Å²) in [6.07, 6.45) is 0.0974. The molecule has 162 valence electrons. The minimum Gasteiger partial charge on any atom is -0.326 e. The van der Waals surface area contributed by atoms with E-state index in [1.54, 1.807) is 24.3 Å². The first-order valence-electron chi connectivity index (χ1n) is 9.83. The zero-order chi connectivity index (χ0) is 22.4. The van der Waals surface area contributed by atoms with Crippen LogP contribution in [0.5, 0.6) is 0 Å². The number of aryl methyl sites for hydroxylation is 2. The van der Waals surface area contributed by atoms with E-state index >= 15 is 0 Å². The molecule has 3 rings (SSSR count). The van der Waals surface area contributed by atoms with Gasteiger partial charge in [-0.05, 0) is 56.2 Å². The molecule has 0 saturated carbocycles. The van der Waals surface area contributed by atoms with Gasteiger partial charge in [0, 0.05) is 12.2 Å². The summed E-state index contributed by atoms with van der Waals surface area (Å²) < 4.78 is 1.84. The molecule has 31 heavy (non-hydrogen) atoms. The highest BCUT2D eigenvalue weighted by Gasteiger charge is 2.16. The summed E-state index contributed by atoms with van der Waals surface area (Å²) in [5.74, 6) is 0.340. The number of aromatic nitrogens is 3. The number of anilines is 2. The van der Waals surface area contributed by atoms with Gasteiger partial charge in [0.2, 0.25) is 11.8 Å². The van der Waals surface area contributed by atoms with E-state index in [1.165, 1.54) is 17.3 Å². The Morgan fingerprint density at radius 2 is 1.81 bits per heavy atom. The first-order chi connectivity index (χ1) is 14.9. The second kappa shape index (κ2) is 10.5. The van der Waals surface area contributed by atoms with Gasteiger partial charge < -0.3 is 15.2 Å². The maximum atomic E-state index is 12.5. The predicted molar refractivity (Wildman–Crippen MR) is 125 cm³/mol. The number of thioether (sulfide) groups is 1. The summed E-state index contributed by atoms with van der Waals surface area (Å²) in [4.78, 5) is 24.7. The van der Waals surface area contributed by atoms with Crippen LogP contribution in [0.3, 0.4) is 0 Å². The highest BCUT2D eigenvalue weighted by molar-refractivity contribution is 7.99. The number of nitrogens with zero attached hydrogens (tertiary/aromatic N) is 3. The van der Waals surface area contributed by atoms with Crippen molar-refractivity contribution in [3.8, 4) is 0 Å². The Morgan fingerprint density at radius 3 is 2.52 bits per heavy atom. The van der Waals surface area contributed by atoms with E-state index in [-0.39, 0.29) is 24.0 Å². The third kappa shape index (κ3) is 6.08. The van der Waals surface area contributed by atoms with Crippen LogP contribution in [0, 0.1) is 13.8 Å². The zero-order valence-corrected chi connectivity index (χ0v) is 19.2. The Balaban J connectivity index is 1.59. The highest BCUT2D eigenvalue weighted by atomic mass is 35.5. The normalized spacial score (nSPS) is 10.7. The minimum atomic E-state index is -0.196. The van der Waals surface area contributed by atoms with Gasteiger partial charge in [0.1, 0.15) is 5.82 Å². The van der Waals surface area contributed by atoms with E-state index < -0.39 is 0 Å². The number of para-hydroxylation sites is 1. The summed E-state index contributed by atoms with van der Waals surface area (Å²) in [5.41, 5.74) is 3.60. The molecule has 2 N–H and O–H groups in total. The monoisotopic (exact) mass is 457 g/mol. The number of carbonyl (C=O) groups excluding carboxylic acids is 2. The van der Waals surface area contributed by atoms with Gasteiger partial charge in [0.15, 0.2) is 5.16 Å².